The third kappa shape index (κ3) is 4.93. The number of aryl methyl sites for hydroxylation is 2. The van der Waals surface area contributed by atoms with E-state index in [1.54, 1.807) is 13.0 Å². The number of likely N-dealkylation sites (tertiary alicyclic amines) is 2. The first kappa shape index (κ1) is 22.3. The molecule has 32 heavy (non-hydrogen) atoms. The van der Waals surface area contributed by atoms with Crippen molar-refractivity contribution in [1.82, 2.24) is 14.8 Å². The van der Waals surface area contributed by atoms with E-state index in [4.69, 9.17) is 9.47 Å². The van der Waals surface area contributed by atoms with Crippen molar-refractivity contribution in [3.63, 3.8) is 0 Å². The largest absolute Gasteiger partial charge is 0.466 e. The third-order valence-electron chi connectivity index (χ3n) is 6.33. The number of pyridine rings is 1. The van der Waals surface area contributed by atoms with Crippen LogP contribution in [0.25, 0.3) is 0 Å². The summed E-state index contributed by atoms with van der Waals surface area (Å²) in [6.45, 7) is 10.2. The summed E-state index contributed by atoms with van der Waals surface area (Å²) in [5.41, 5.74) is 3.40. The quantitative estimate of drug-likeness (QED) is 0.621. The molecule has 7 nitrogen and oxygen atoms in total. The van der Waals surface area contributed by atoms with Gasteiger partial charge in [0.25, 0.3) is 5.91 Å². The molecule has 2 atom stereocenters. The van der Waals surface area contributed by atoms with Crippen LogP contribution >= 0.6 is 0 Å². The number of aromatic nitrogens is 1. The Morgan fingerprint density at radius 2 is 1.75 bits per heavy atom. The minimum absolute atomic E-state index is 0.0356. The highest BCUT2D eigenvalue weighted by Gasteiger charge is 2.42. The average Bonchev–Trinajstić information content (AvgIpc) is 3.31. The van der Waals surface area contributed by atoms with Gasteiger partial charge in [-0.05, 0) is 43.7 Å². The second-order valence-electron chi connectivity index (χ2n) is 8.74. The Morgan fingerprint density at radius 1 is 1.06 bits per heavy atom. The molecule has 0 saturated carbocycles. The number of rotatable bonds is 7. The van der Waals surface area contributed by atoms with Gasteiger partial charge in [0, 0.05) is 38.8 Å². The fraction of sp³-hybridized carbons (Fsp3) is 0.480. The van der Waals surface area contributed by atoms with Gasteiger partial charge in [-0.2, -0.15) is 0 Å². The molecule has 3 heterocycles. The molecule has 2 saturated heterocycles. The van der Waals surface area contributed by atoms with Gasteiger partial charge in [0.15, 0.2) is 6.61 Å². The summed E-state index contributed by atoms with van der Waals surface area (Å²) in [5.74, 6) is 0.967. The number of hydrogen-bond donors (Lipinski definition) is 0. The van der Waals surface area contributed by atoms with Crippen LogP contribution in [0.1, 0.15) is 34.1 Å². The van der Waals surface area contributed by atoms with Crippen LogP contribution in [-0.4, -0.2) is 66.1 Å². The van der Waals surface area contributed by atoms with Gasteiger partial charge < -0.3 is 14.4 Å². The Labute approximate surface area is 189 Å². The number of esters is 1. The SMILES string of the molecule is CCOC(=O)COc1cc(C)c(C(=O)N2CC3CN(Cc4ccccc4)CC3C2)c(C)n1. The minimum atomic E-state index is -0.435. The summed E-state index contributed by atoms with van der Waals surface area (Å²) in [7, 11) is 0. The number of amides is 1. The van der Waals surface area contributed by atoms with E-state index in [9.17, 15) is 9.59 Å². The van der Waals surface area contributed by atoms with Crippen LogP contribution in [0.4, 0.5) is 0 Å². The van der Waals surface area contributed by atoms with E-state index in [0.29, 0.717) is 35.6 Å². The molecule has 2 fully saturated rings. The molecule has 170 valence electrons. The minimum Gasteiger partial charge on any atom is -0.466 e. The molecule has 2 unspecified atom stereocenters. The maximum atomic E-state index is 13.3. The lowest BCUT2D eigenvalue weighted by Crippen LogP contribution is -2.34. The second kappa shape index (κ2) is 9.69. The summed E-state index contributed by atoms with van der Waals surface area (Å²) < 4.78 is 10.3. The molecule has 4 rings (SSSR count). The van der Waals surface area contributed by atoms with Crippen LogP contribution in [0.5, 0.6) is 5.88 Å². The van der Waals surface area contributed by atoms with Crippen LogP contribution in [0.2, 0.25) is 0 Å². The molecule has 1 aromatic heterocycles. The highest BCUT2D eigenvalue weighted by molar-refractivity contribution is 5.97. The molecule has 0 spiro atoms. The van der Waals surface area contributed by atoms with Crippen LogP contribution in [0.3, 0.4) is 0 Å². The van der Waals surface area contributed by atoms with E-state index in [2.05, 4.69) is 34.1 Å². The van der Waals surface area contributed by atoms with Gasteiger partial charge in [-0.1, -0.05) is 30.3 Å². The van der Waals surface area contributed by atoms with Crippen LogP contribution in [-0.2, 0) is 16.1 Å². The van der Waals surface area contributed by atoms with E-state index < -0.39 is 5.97 Å². The summed E-state index contributed by atoms with van der Waals surface area (Å²) in [4.78, 5) is 33.7. The van der Waals surface area contributed by atoms with Gasteiger partial charge in [-0.15, -0.1) is 0 Å². The molecular formula is C25H31N3O4. The molecule has 7 heteroatoms. The Kier molecular flexibility index (Phi) is 6.74. The van der Waals surface area contributed by atoms with Crippen molar-refractivity contribution in [2.75, 3.05) is 39.4 Å². The first-order valence-corrected chi connectivity index (χ1v) is 11.3. The molecule has 0 aliphatic carbocycles. The van der Waals surface area contributed by atoms with Gasteiger partial charge in [-0.3, -0.25) is 9.69 Å². The topological polar surface area (TPSA) is 72.0 Å². The zero-order chi connectivity index (χ0) is 22.7. The van der Waals surface area contributed by atoms with Crippen molar-refractivity contribution in [2.45, 2.75) is 27.3 Å². The van der Waals surface area contributed by atoms with E-state index in [1.165, 1.54) is 5.56 Å². The normalized spacial score (nSPS) is 20.3. The van der Waals surface area contributed by atoms with E-state index in [0.717, 1.165) is 38.3 Å². The van der Waals surface area contributed by atoms with Crippen LogP contribution in [0.15, 0.2) is 36.4 Å². The molecule has 1 amide bonds. The average molecular weight is 438 g/mol. The lowest BCUT2D eigenvalue weighted by molar-refractivity contribution is -0.145. The zero-order valence-electron chi connectivity index (χ0n) is 19.0. The Morgan fingerprint density at radius 3 is 2.38 bits per heavy atom. The van der Waals surface area contributed by atoms with Gasteiger partial charge in [0.05, 0.1) is 17.9 Å². The summed E-state index contributed by atoms with van der Waals surface area (Å²) in [6, 6.07) is 12.3. The number of carbonyl (C=O) groups excluding carboxylic acids is 2. The standard InChI is InChI=1S/C25H31N3O4/c1-4-31-23(29)16-32-22-10-17(2)24(18(3)26-22)25(30)28-14-20-12-27(13-21(20)15-28)11-19-8-6-5-7-9-19/h5-10,20-21H,4,11-16H2,1-3H3. The first-order chi connectivity index (χ1) is 15.4. The molecular weight excluding hydrogens is 406 g/mol. The monoisotopic (exact) mass is 437 g/mol. The number of hydrogen-bond acceptors (Lipinski definition) is 6. The number of carbonyl (C=O) groups is 2. The first-order valence-electron chi connectivity index (χ1n) is 11.3. The Hall–Kier alpha value is -2.93. The predicted octanol–water partition coefficient (Wildman–Crippen LogP) is 2.84. The van der Waals surface area contributed by atoms with Crippen molar-refractivity contribution < 1.29 is 19.1 Å². The molecule has 0 N–H and O–H groups in total. The molecule has 2 aromatic rings. The molecule has 1 aromatic carbocycles. The van der Waals surface area contributed by atoms with Crippen molar-refractivity contribution in [3.05, 3.63) is 58.8 Å². The van der Waals surface area contributed by atoms with Crippen molar-refractivity contribution in [2.24, 2.45) is 11.8 Å². The molecule has 0 radical (unpaired) electrons. The Balaban J connectivity index is 1.36. The molecule has 0 bridgehead atoms. The summed E-state index contributed by atoms with van der Waals surface area (Å²) in [5, 5.41) is 0. The van der Waals surface area contributed by atoms with Crippen molar-refractivity contribution >= 4 is 11.9 Å². The highest BCUT2D eigenvalue weighted by atomic mass is 16.6. The second-order valence-corrected chi connectivity index (χ2v) is 8.74. The number of benzene rings is 1. The van der Waals surface area contributed by atoms with Gasteiger partial charge in [0.2, 0.25) is 5.88 Å². The summed E-state index contributed by atoms with van der Waals surface area (Å²) >= 11 is 0. The molecule has 2 aliphatic rings. The maximum Gasteiger partial charge on any atom is 0.344 e. The lowest BCUT2D eigenvalue weighted by Gasteiger charge is -2.23. The third-order valence-corrected chi connectivity index (χ3v) is 6.33. The molecule has 2 aliphatic heterocycles. The number of fused-ring (bicyclic) bond motifs is 1. The summed E-state index contributed by atoms with van der Waals surface area (Å²) in [6.07, 6.45) is 0. The van der Waals surface area contributed by atoms with Crippen LogP contribution < -0.4 is 4.74 Å². The zero-order valence-corrected chi connectivity index (χ0v) is 19.0. The van der Waals surface area contributed by atoms with Crippen LogP contribution in [0, 0.1) is 25.7 Å². The highest BCUT2D eigenvalue weighted by Crippen LogP contribution is 2.33. The van der Waals surface area contributed by atoms with E-state index >= 15 is 0 Å². The van der Waals surface area contributed by atoms with Gasteiger partial charge >= 0.3 is 5.97 Å². The van der Waals surface area contributed by atoms with E-state index in [-0.39, 0.29) is 12.5 Å². The lowest BCUT2D eigenvalue weighted by atomic mass is 10.0. The smallest absolute Gasteiger partial charge is 0.344 e. The number of nitrogens with zero attached hydrogens (tertiary/aromatic N) is 3. The van der Waals surface area contributed by atoms with Gasteiger partial charge in [0.1, 0.15) is 0 Å². The van der Waals surface area contributed by atoms with Gasteiger partial charge in [-0.25, -0.2) is 9.78 Å². The maximum absolute atomic E-state index is 13.3. The number of ether oxygens (including phenoxy) is 2. The van der Waals surface area contributed by atoms with Crippen molar-refractivity contribution in [3.8, 4) is 5.88 Å². The Bertz CT molecular complexity index is 941. The fourth-order valence-corrected chi connectivity index (χ4v) is 4.91. The fourth-order valence-electron chi connectivity index (χ4n) is 4.91. The van der Waals surface area contributed by atoms with Crippen molar-refractivity contribution in [1.29, 1.82) is 0 Å². The predicted molar refractivity (Wildman–Crippen MR) is 120 cm³/mol. The van der Waals surface area contributed by atoms with E-state index in [1.807, 2.05) is 24.8 Å².